The summed E-state index contributed by atoms with van der Waals surface area (Å²) in [6, 6.07) is 12.0. The monoisotopic (exact) mass is 495 g/mol. The Kier molecular flexibility index (Phi) is 7.91. The number of sulfonamides is 2. The molecule has 1 aliphatic heterocycles. The number of benzene rings is 2. The van der Waals surface area contributed by atoms with Crippen LogP contribution in [-0.2, 0) is 31.3 Å². The van der Waals surface area contributed by atoms with Crippen LogP contribution in [0.5, 0.6) is 0 Å². The van der Waals surface area contributed by atoms with Crippen LogP contribution in [-0.4, -0.2) is 70.7 Å². The highest BCUT2D eigenvalue weighted by atomic mass is 32.2. The van der Waals surface area contributed by atoms with Crippen molar-refractivity contribution in [1.82, 2.24) is 13.9 Å². The molecule has 33 heavy (non-hydrogen) atoms. The number of ether oxygens (including phenoxy) is 1. The van der Waals surface area contributed by atoms with Gasteiger partial charge in [0.05, 0.1) is 23.0 Å². The van der Waals surface area contributed by atoms with E-state index in [9.17, 15) is 21.6 Å². The van der Waals surface area contributed by atoms with Crippen molar-refractivity contribution >= 4 is 26.0 Å². The lowest BCUT2D eigenvalue weighted by molar-refractivity contribution is 0.0730. The van der Waals surface area contributed by atoms with Crippen molar-refractivity contribution in [3.8, 4) is 0 Å². The van der Waals surface area contributed by atoms with Crippen LogP contribution in [0.1, 0.15) is 29.8 Å². The number of hydrogen-bond donors (Lipinski definition) is 1. The molecule has 0 radical (unpaired) electrons. The number of amides is 1. The first-order valence-electron chi connectivity index (χ1n) is 10.6. The maximum absolute atomic E-state index is 12.7. The summed E-state index contributed by atoms with van der Waals surface area (Å²) < 4.78 is 58.3. The van der Waals surface area contributed by atoms with Crippen molar-refractivity contribution < 1.29 is 26.4 Å². The molecule has 0 spiro atoms. The summed E-state index contributed by atoms with van der Waals surface area (Å²) in [4.78, 5) is 12.8. The first-order chi connectivity index (χ1) is 15.5. The normalized spacial score (nSPS) is 15.7. The van der Waals surface area contributed by atoms with Gasteiger partial charge in [0, 0.05) is 38.3 Å². The second kappa shape index (κ2) is 10.3. The van der Waals surface area contributed by atoms with Gasteiger partial charge in [0.25, 0.3) is 5.91 Å². The van der Waals surface area contributed by atoms with E-state index >= 15 is 0 Å². The summed E-state index contributed by atoms with van der Waals surface area (Å²) >= 11 is 0. The lowest BCUT2D eigenvalue weighted by Gasteiger charge is -2.26. The first kappa shape index (κ1) is 25.3. The molecule has 1 amide bonds. The number of hydrogen-bond acceptors (Lipinski definition) is 6. The third-order valence-corrected chi connectivity index (χ3v) is 9.47. The van der Waals surface area contributed by atoms with Crippen LogP contribution < -0.4 is 5.32 Å². The highest BCUT2D eigenvalue weighted by Gasteiger charge is 2.26. The average Bonchev–Trinajstić information content (AvgIpc) is 2.82. The topological polar surface area (TPSA) is 113 Å². The number of carbonyl (C=O) groups excluding carboxylic acids is 1. The second-order valence-electron chi connectivity index (χ2n) is 7.98. The Balaban J connectivity index is 1.62. The minimum absolute atomic E-state index is 0.129. The number of carbonyl (C=O) groups is 1. The molecule has 2 aromatic carbocycles. The zero-order valence-corrected chi connectivity index (χ0v) is 20.5. The van der Waals surface area contributed by atoms with Crippen molar-refractivity contribution in [2.75, 3.05) is 33.4 Å². The Morgan fingerprint density at radius 2 is 1.52 bits per heavy atom. The van der Waals surface area contributed by atoms with Gasteiger partial charge in [-0.2, -0.15) is 8.61 Å². The molecule has 0 unspecified atom stereocenters. The lowest BCUT2D eigenvalue weighted by atomic mass is 10.2. The predicted molar refractivity (Wildman–Crippen MR) is 124 cm³/mol. The Morgan fingerprint density at radius 3 is 2.06 bits per heavy atom. The predicted octanol–water partition coefficient (Wildman–Crippen LogP) is 1.67. The molecule has 0 aliphatic carbocycles. The highest BCUT2D eigenvalue weighted by Crippen LogP contribution is 2.19. The summed E-state index contributed by atoms with van der Waals surface area (Å²) in [5.41, 5.74) is 1.06. The Morgan fingerprint density at radius 1 is 0.970 bits per heavy atom. The Bertz CT molecular complexity index is 1170. The van der Waals surface area contributed by atoms with Crippen molar-refractivity contribution in [3.63, 3.8) is 0 Å². The zero-order valence-electron chi connectivity index (χ0n) is 18.9. The van der Waals surface area contributed by atoms with E-state index in [1.165, 1.54) is 52.1 Å². The van der Waals surface area contributed by atoms with Crippen LogP contribution in [0.3, 0.4) is 0 Å². The molecular formula is C22H29N3O6S2. The average molecular weight is 496 g/mol. The zero-order chi connectivity index (χ0) is 24.2. The van der Waals surface area contributed by atoms with Gasteiger partial charge in [-0.25, -0.2) is 16.8 Å². The van der Waals surface area contributed by atoms with Crippen molar-refractivity contribution in [2.45, 2.75) is 36.2 Å². The number of nitrogens with one attached hydrogen (secondary N) is 1. The van der Waals surface area contributed by atoms with Gasteiger partial charge in [-0.15, -0.1) is 0 Å². The molecule has 3 rings (SSSR count). The minimum atomic E-state index is -3.62. The summed E-state index contributed by atoms with van der Waals surface area (Å²) in [6.45, 7) is 5.13. The fraction of sp³-hybridized carbons (Fsp3) is 0.409. The fourth-order valence-electron chi connectivity index (χ4n) is 3.22. The molecule has 1 saturated heterocycles. The van der Waals surface area contributed by atoms with E-state index in [0.29, 0.717) is 31.9 Å². The van der Waals surface area contributed by atoms with Gasteiger partial charge in [0.1, 0.15) is 0 Å². The van der Waals surface area contributed by atoms with Crippen LogP contribution in [0.2, 0.25) is 0 Å². The van der Waals surface area contributed by atoms with Gasteiger partial charge >= 0.3 is 0 Å². The van der Waals surface area contributed by atoms with Crippen LogP contribution in [0.15, 0.2) is 58.3 Å². The van der Waals surface area contributed by atoms with E-state index in [4.69, 9.17) is 4.74 Å². The molecular weight excluding hydrogens is 466 g/mol. The molecule has 11 heteroatoms. The molecule has 1 aliphatic rings. The Hall–Kier alpha value is -2.31. The summed E-state index contributed by atoms with van der Waals surface area (Å²) in [7, 11) is -5.65. The molecule has 0 atom stereocenters. The maximum Gasteiger partial charge on any atom is 0.251 e. The van der Waals surface area contributed by atoms with E-state index in [2.05, 4.69) is 5.32 Å². The van der Waals surface area contributed by atoms with Crippen LogP contribution in [0.25, 0.3) is 0 Å². The first-order valence-corrected chi connectivity index (χ1v) is 13.4. The smallest absolute Gasteiger partial charge is 0.251 e. The molecule has 0 bridgehead atoms. The SMILES string of the molecule is CC(C)N(C)S(=O)(=O)c1ccc(CNC(=O)c2ccc(S(=O)(=O)N3CCOCC3)cc2)cc1. The quantitative estimate of drug-likeness (QED) is 0.596. The summed E-state index contributed by atoms with van der Waals surface area (Å²) in [6.07, 6.45) is 0. The Labute approximate surface area is 195 Å². The van der Waals surface area contributed by atoms with Crippen molar-refractivity contribution in [1.29, 1.82) is 0 Å². The van der Waals surface area contributed by atoms with Crippen molar-refractivity contribution in [2.24, 2.45) is 0 Å². The number of rotatable bonds is 8. The third-order valence-electron chi connectivity index (χ3n) is 5.50. The number of nitrogens with zero attached hydrogens (tertiary/aromatic N) is 2. The van der Waals surface area contributed by atoms with Crippen LogP contribution in [0, 0.1) is 0 Å². The minimum Gasteiger partial charge on any atom is -0.379 e. The highest BCUT2D eigenvalue weighted by molar-refractivity contribution is 7.89. The van der Waals surface area contributed by atoms with E-state index in [1.807, 2.05) is 0 Å². The lowest BCUT2D eigenvalue weighted by Crippen LogP contribution is -2.40. The van der Waals surface area contributed by atoms with Gasteiger partial charge in [-0.05, 0) is 55.8 Å². The molecule has 0 saturated carbocycles. The molecule has 1 heterocycles. The van der Waals surface area contributed by atoms with Gasteiger partial charge in [-0.1, -0.05) is 12.1 Å². The fourth-order valence-corrected chi connectivity index (χ4v) is 6.00. The van der Waals surface area contributed by atoms with E-state index in [0.717, 1.165) is 5.56 Å². The van der Waals surface area contributed by atoms with E-state index < -0.39 is 20.0 Å². The van der Waals surface area contributed by atoms with Crippen LogP contribution >= 0.6 is 0 Å². The van der Waals surface area contributed by atoms with Crippen LogP contribution in [0.4, 0.5) is 0 Å². The summed E-state index contributed by atoms with van der Waals surface area (Å²) in [5, 5.41) is 2.76. The summed E-state index contributed by atoms with van der Waals surface area (Å²) in [5.74, 6) is -0.360. The van der Waals surface area contributed by atoms with Crippen molar-refractivity contribution in [3.05, 3.63) is 59.7 Å². The maximum atomic E-state index is 12.7. The molecule has 9 nitrogen and oxygen atoms in total. The third kappa shape index (κ3) is 5.79. The largest absolute Gasteiger partial charge is 0.379 e. The van der Waals surface area contributed by atoms with Gasteiger partial charge in [-0.3, -0.25) is 4.79 Å². The van der Waals surface area contributed by atoms with Gasteiger partial charge in [0.2, 0.25) is 20.0 Å². The standard InChI is InChI=1S/C22H29N3O6S2/c1-17(2)24(3)32(27,28)20-8-4-18(5-9-20)16-23-22(26)19-6-10-21(11-7-19)33(29,30)25-12-14-31-15-13-25/h4-11,17H,12-16H2,1-3H3,(H,23,26). The molecule has 2 aromatic rings. The number of morpholine rings is 1. The van der Waals surface area contributed by atoms with Gasteiger partial charge < -0.3 is 10.1 Å². The van der Waals surface area contributed by atoms with E-state index in [-0.39, 0.29) is 28.3 Å². The van der Waals surface area contributed by atoms with Gasteiger partial charge in [0.15, 0.2) is 0 Å². The molecule has 0 aromatic heterocycles. The molecule has 180 valence electrons. The molecule has 1 fully saturated rings. The second-order valence-corrected chi connectivity index (χ2v) is 11.9. The van der Waals surface area contributed by atoms with E-state index in [1.54, 1.807) is 26.0 Å². The molecule has 1 N–H and O–H groups in total.